The van der Waals surface area contributed by atoms with Gasteiger partial charge < -0.3 is 10.2 Å². The Hall–Kier alpha value is -0.870. The van der Waals surface area contributed by atoms with Crippen molar-refractivity contribution in [3.63, 3.8) is 0 Å². The molecule has 2 heterocycles. The summed E-state index contributed by atoms with van der Waals surface area (Å²) in [6.07, 6.45) is 6.37. The van der Waals surface area contributed by atoms with Gasteiger partial charge in [-0.25, -0.2) is 0 Å². The number of hydrogen-bond acceptors (Lipinski definition) is 3. The zero-order chi connectivity index (χ0) is 11.4. The first kappa shape index (κ1) is 11.6. The van der Waals surface area contributed by atoms with Crippen molar-refractivity contribution in [3.05, 3.63) is 18.5 Å². The van der Waals surface area contributed by atoms with Crippen molar-refractivity contribution < 1.29 is 0 Å². The Kier molecular flexibility index (Phi) is 3.96. The third-order valence-corrected chi connectivity index (χ3v) is 3.54. The molecular formula is C12H22N4. The number of aromatic nitrogens is 2. The van der Waals surface area contributed by atoms with E-state index in [1.54, 1.807) is 0 Å². The van der Waals surface area contributed by atoms with E-state index in [1.807, 2.05) is 23.1 Å². The van der Waals surface area contributed by atoms with Gasteiger partial charge in [0.05, 0.1) is 6.54 Å². The van der Waals surface area contributed by atoms with Crippen LogP contribution in [0.1, 0.15) is 19.8 Å². The number of hydrogen-bond donors (Lipinski definition) is 1. The standard InChI is InChI=1S/C12H22N4/c1-11-10-12(4-8-15(11)2)13-6-9-16-7-3-5-14-16/h3,5,7,11-13H,4,6,8-10H2,1-2H3. The van der Waals surface area contributed by atoms with Crippen molar-refractivity contribution in [2.75, 3.05) is 20.1 Å². The van der Waals surface area contributed by atoms with Crippen molar-refractivity contribution in [1.29, 1.82) is 0 Å². The summed E-state index contributed by atoms with van der Waals surface area (Å²) in [5, 5.41) is 7.82. The highest BCUT2D eigenvalue weighted by Gasteiger charge is 2.21. The molecule has 0 amide bonds. The van der Waals surface area contributed by atoms with Crippen LogP contribution < -0.4 is 5.32 Å². The molecular weight excluding hydrogens is 200 g/mol. The largest absolute Gasteiger partial charge is 0.312 e. The van der Waals surface area contributed by atoms with Gasteiger partial charge in [-0.3, -0.25) is 4.68 Å². The van der Waals surface area contributed by atoms with E-state index in [9.17, 15) is 0 Å². The fourth-order valence-electron chi connectivity index (χ4n) is 2.29. The van der Waals surface area contributed by atoms with Gasteiger partial charge in [-0.1, -0.05) is 0 Å². The maximum atomic E-state index is 4.19. The average molecular weight is 222 g/mol. The van der Waals surface area contributed by atoms with Crippen molar-refractivity contribution in [3.8, 4) is 0 Å². The first-order valence-electron chi connectivity index (χ1n) is 6.17. The number of nitrogens with one attached hydrogen (secondary N) is 1. The summed E-state index contributed by atoms with van der Waals surface area (Å²) in [4.78, 5) is 2.44. The summed E-state index contributed by atoms with van der Waals surface area (Å²) in [5.74, 6) is 0. The molecule has 1 aliphatic heterocycles. The van der Waals surface area contributed by atoms with E-state index in [-0.39, 0.29) is 0 Å². The second kappa shape index (κ2) is 5.46. The van der Waals surface area contributed by atoms with Crippen LogP contribution in [0.5, 0.6) is 0 Å². The van der Waals surface area contributed by atoms with E-state index in [1.165, 1.54) is 19.4 Å². The summed E-state index contributed by atoms with van der Waals surface area (Å²) in [6, 6.07) is 3.36. The average Bonchev–Trinajstić information content (AvgIpc) is 2.76. The minimum absolute atomic E-state index is 0.682. The van der Waals surface area contributed by atoms with Crippen LogP contribution in [-0.2, 0) is 6.54 Å². The molecule has 0 bridgehead atoms. The molecule has 0 saturated carbocycles. The summed E-state index contributed by atoms with van der Waals surface area (Å²) in [7, 11) is 2.21. The number of likely N-dealkylation sites (tertiary alicyclic amines) is 1. The molecule has 16 heavy (non-hydrogen) atoms. The zero-order valence-electron chi connectivity index (χ0n) is 10.3. The maximum Gasteiger partial charge on any atom is 0.0534 e. The molecule has 1 aromatic rings. The van der Waals surface area contributed by atoms with E-state index in [4.69, 9.17) is 0 Å². The van der Waals surface area contributed by atoms with E-state index in [2.05, 4.69) is 29.3 Å². The highest BCUT2D eigenvalue weighted by molar-refractivity contribution is 4.82. The van der Waals surface area contributed by atoms with Crippen LogP contribution in [-0.4, -0.2) is 46.9 Å². The SMILES string of the molecule is CC1CC(NCCn2cccn2)CCN1C. The Morgan fingerprint density at radius 2 is 2.38 bits per heavy atom. The van der Waals surface area contributed by atoms with Gasteiger partial charge in [-0.15, -0.1) is 0 Å². The number of nitrogens with zero attached hydrogens (tertiary/aromatic N) is 3. The molecule has 0 aromatic carbocycles. The van der Waals surface area contributed by atoms with Gasteiger partial charge >= 0.3 is 0 Å². The molecule has 2 atom stereocenters. The Bertz CT molecular complexity index is 296. The minimum atomic E-state index is 0.682. The van der Waals surface area contributed by atoms with E-state index in [0.29, 0.717) is 12.1 Å². The lowest BCUT2D eigenvalue weighted by atomic mass is 9.99. The molecule has 2 unspecified atom stereocenters. The summed E-state index contributed by atoms with van der Waals surface area (Å²) < 4.78 is 1.98. The lowest BCUT2D eigenvalue weighted by Crippen LogP contribution is -2.46. The second-order valence-corrected chi connectivity index (χ2v) is 4.77. The third kappa shape index (κ3) is 3.06. The normalized spacial score (nSPS) is 27.1. The van der Waals surface area contributed by atoms with Crippen molar-refractivity contribution in [2.24, 2.45) is 0 Å². The fraction of sp³-hybridized carbons (Fsp3) is 0.750. The molecule has 1 aromatic heterocycles. The van der Waals surface area contributed by atoms with Crippen LogP contribution in [0, 0.1) is 0 Å². The van der Waals surface area contributed by atoms with Gasteiger partial charge in [-0.2, -0.15) is 5.10 Å². The van der Waals surface area contributed by atoms with Gasteiger partial charge in [0.1, 0.15) is 0 Å². The van der Waals surface area contributed by atoms with Gasteiger partial charge in [0.25, 0.3) is 0 Å². The third-order valence-electron chi connectivity index (χ3n) is 3.54. The summed E-state index contributed by atoms with van der Waals surface area (Å²) in [6.45, 7) is 5.50. The topological polar surface area (TPSA) is 33.1 Å². The van der Waals surface area contributed by atoms with E-state index >= 15 is 0 Å². The van der Waals surface area contributed by atoms with Crippen LogP contribution >= 0.6 is 0 Å². The van der Waals surface area contributed by atoms with E-state index < -0.39 is 0 Å². The maximum absolute atomic E-state index is 4.19. The van der Waals surface area contributed by atoms with Gasteiger partial charge in [-0.05, 0) is 39.4 Å². The zero-order valence-corrected chi connectivity index (χ0v) is 10.3. The molecule has 0 aliphatic carbocycles. The monoisotopic (exact) mass is 222 g/mol. The Balaban J connectivity index is 1.67. The van der Waals surface area contributed by atoms with Crippen LogP contribution in [0.4, 0.5) is 0 Å². The summed E-state index contributed by atoms with van der Waals surface area (Å²) in [5.41, 5.74) is 0. The molecule has 1 aliphatic rings. The molecule has 2 rings (SSSR count). The highest BCUT2D eigenvalue weighted by atomic mass is 15.3. The van der Waals surface area contributed by atoms with Crippen molar-refractivity contribution >= 4 is 0 Å². The first-order chi connectivity index (χ1) is 7.75. The smallest absolute Gasteiger partial charge is 0.0534 e. The molecule has 4 heteroatoms. The quantitative estimate of drug-likeness (QED) is 0.823. The molecule has 4 nitrogen and oxygen atoms in total. The van der Waals surface area contributed by atoms with Gasteiger partial charge in [0.2, 0.25) is 0 Å². The van der Waals surface area contributed by atoms with Crippen LogP contribution in [0.15, 0.2) is 18.5 Å². The predicted octanol–water partition coefficient (Wildman–Crippen LogP) is 0.955. The molecule has 1 N–H and O–H groups in total. The van der Waals surface area contributed by atoms with Gasteiger partial charge in [0.15, 0.2) is 0 Å². The molecule has 0 radical (unpaired) electrons. The Morgan fingerprint density at radius 3 is 3.06 bits per heavy atom. The Morgan fingerprint density at radius 1 is 1.50 bits per heavy atom. The Labute approximate surface area is 97.6 Å². The fourth-order valence-corrected chi connectivity index (χ4v) is 2.29. The molecule has 90 valence electrons. The molecule has 1 saturated heterocycles. The predicted molar refractivity (Wildman–Crippen MR) is 65.3 cm³/mol. The summed E-state index contributed by atoms with van der Waals surface area (Å²) >= 11 is 0. The van der Waals surface area contributed by atoms with Crippen LogP contribution in [0.25, 0.3) is 0 Å². The minimum Gasteiger partial charge on any atom is -0.312 e. The van der Waals surface area contributed by atoms with E-state index in [0.717, 1.165) is 13.1 Å². The van der Waals surface area contributed by atoms with Crippen molar-refractivity contribution in [1.82, 2.24) is 20.0 Å². The molecule has 1 fully saturated rings. The highest BCUT2D eigenvalue weighted by Crippen LogP contribution is 2.14. The lowest BCUT2D eigenvalue weighted by Gasteiger charge is -2.35. The van der Waals surface area contributed by atoms with Crippen LogP contribution in [0.3, 0.4) is 0 Å². The lowest BCUT2D eigenvalue weighted by molar-refractivity contribution is 0.168. The van der Waals surface area contributed by atoms with Gasteiger partial charge in [0, 0.05) is 31.0 Å². The number of rotatable bonds is 4. The second-order valence-electron chi connectivity index (χ2n) is 4.77. The van der Waals surface area contributed by atoms with Crippen LogP contribution in [0.2, 0.25) is 0 Å². The van der Waals surface area contributed by atoms with Crippen molar-refractivity contribution in [2.45, 2.75) is 38.4 Å². The molecule has 0 spiro atoms. The number of piperidine rings is 1. The first-order valence-corrected chi connectivity index (χ1v) is 6.17.